The number of fused-ring (bicyclic) bond motifs is 1. The molecule has 0 bridgehead atoms. The Balaban J connectivity index is 1.51. The molecule has 0 amide bonds. The Labute approximate surface area is 242 Å². The van der Waals surface area contributed by atoms with E-state index < -0.39 is 6.89 Å². The van der Waals surface area contributed by atoms with Crippen molar-refractivity contribution in [3.05, 3.63) is 60.6 Å². The van der Waals surface area contributed by atoms with Gasteiger partial charge in [-0.3, -0.25) is 9.97 Å². The Morgan fingerprint density at radius 3 is 2.49 bits per heavy atom. The quantitative estimate of drug-likeness (QED) is 0.236. The van der Waals surface area contributed by atoms with Gasteiger partial charge in [-0.05, 0) is 69.4 Å². The van der Waals surface area contributed by atoms with Crippen LogP contribution in [-0.2, 0) is 0 Å². The maximum atomic E-state index is 6.13. The fourth-order valence-electron chi connectivity index (χ4n) is 5.26. The summed E-state index contributed by atoms with van der Waals surface area (Å²) in [4.78, 5) is 21.0. The Bertz CT molecular complexity index is 1660. The minimum absolute atomic E-state index is 0.275. The van der Waals surface area contributed by atoms with Crippen LogP contribution in [0.4, 0.5) is 28.8 Å². The SMILES string of the molecule is C=C(C)c1cnc(Nc2cc(C)c(N3CCC(N)CC3)cc2OC)nc1Nc1ccc2nccnc2c1P(=C)(C)C. The molecule has 1 fully saturated rings. The van der Waals surface area contributed by atoms with Gasteiger partial charge in [0.1, 0.15) is 11.6 Å². The fraction of sp³-hybridized carbons (Fsp3) is 0.323. The lowest BCUT2D eigenvalue weighted by Crippen LogP contribution is -2.40. The summed E-state index contributed by atoms with van der Waals surface area (Å²) in [5.41, 5.74) is 13.5. The second-order valence-electron chi connectivity index (χ2n) is 11.2. The largest absolute Gasteiger partial charge is 0.494 e. The number of nitrogens with two attached hydrogens (primary N) is 1. The summed E-state index contributed by atoms with van der Waals surface area (Å²) in [7, 11) is 1.68. The molecule has 1 saturated heterocycles. The van der Waals surface area contributed by atoms with Crippen molar-refractivity contribution in [3.63, 3.8) is 0 Å². The third-order valence-electron chi connectivity index (χ3n) is 7.37. The van der Waals surface area contributed by atoms with Crippen LogP contribution in [0.5, 0.6) is 5.75 Å². The van der Waals surface area contributed by atoms with Crippen LogP contribution in [0.15, 0.2) is 49.4 Å². The maximum absolute atomic E-state index is 6.13. The minimum atomic E-state index is -1.75. The summed E-state index contributed by atoms with van der Waals surface area (Å²) >= 11 is 0. The van der Waals surface area contributed by atoms with Crippen LogP contribution < -0.4 is 31.3 Å². The number of anilines is 5. The molecule has 0 aliphatic carbocycles. The molecule has 0 saturated carbocycles. The zero-order chi connectivity index (χ0) is 29.3. The summed E-state index contributed by atoms with van der Waals surface area (Å²) < 4.78 is 5.79. The third kappa shape index (κ3) is 6.06. The molecule has 0 radical (unpaired) electrons. The molecule has 0 spiro atoms. The topological polar surface area (TPSA) is 114 Å². The number of allylic oxidation sites excluding steroid dienone is 1. The van der Waals surface area contributed by atoms with Gasteiger partial charge in [-0.2, -0.15) is 4.98 Å². The number of nitrogens with one attached hydrogen (secondary N) is 2. The van der Waals surface area contributed by atoms with Crippen molar-refractivity contribution < 1.29 is 4.74 Å². The monoisotopic (exact) mass is 570 g/mol. The summed E-state index contributed by atoms with van der Waals surface area (Å²) in [6.07, 6.45) is 11.7. The lowest BCUT2D eigenvalue weighted by molar-refractivity contribution is 0.416. The highest BCUT2D eigenvalue weighted by Gasteiger charge is 2.21. The second-order valence-corrected chi connectivity index (χ2v) is 15.0. The molecule has 0 unspecified atom stereocenters. The van der Waals surface area contributed by atoms with E-state index in [0.29, 0.717) is 11.8 Å². The van der Waals surface area contributed by atoms with Gasteiger partial charge >= 0.3 is 0 Å². The number of hydrogen-bond donors (Lipinski definition) is 3. The minimum Gasteiger partial charge on any atom is -0.494 e. The Morgan fingerprint density at radius 2 is 1.80 bits per heavy atom. The smallest absolute Gasteiger partial charge is 0.229 e. The molecule has 3 heterocycles. The number of hydrogen-bond acceptors (Lipinski definition) is 9. The summed E-state index contributed by atoms with van der Waals surface area (Å²) in [6, 6.07) is 8.43. The van der Waals surface area contributed by atoms with Crippen LogP contribution in [0.1, 0.15) is 30.9 Å². The third-order valence-corrected chi connectivity index (χ3v) is 9.03. The van der Waals surface area contributed by atoms with Crippen molar-refractivity contribution in [2.45, 2.75) is 32.7 Å². The van der Waals surface area contributed by atoms with E-state index >= 15 is 0 Å². The van der Waals surface area contributed by atoms with E-state index in [9.17, 15) is 0 Å². The first-order chi connectivity index (χ1) is 19.5. The van der Waals surface area contributed by atoms with Crippen molar-refractivity contribution in [3.8, 4) is 5.75 Å². The zero-order valence-corrected chi connectivity index (χ0v) is 25.4. The number of aromatic nitrogens is 4. The predicted molar refractivity (Wildman–Crippen MR) is 176 cm³/mol. The number of rotatable bonds is 8. The van der Waals surface area contributed by atoms with Gasteiger partial charge in [-0.25, -0.2) is 4.98 Å². The molecule has 4 N–H and O–H groups in total. The highest BCUT2D eigenvalue weighted by Crippen LogP contribution is 2.41. The Hall–Kier alpha value is -3.94. The molecule has 4 aromatic rings. The number of ether oxygens (including phenoxy) is 1. The average molecular weight is 571 g/mol. The lowest BCUT2D eigenvalue weighted by atomic mass is 10.0. The first-order valence-corrected chi connectivity index (χ1v) is 16.6. The van der Waals surface area contributed by atoms with Gasteiger partial charge in [-0.1, -0.05) is 19.8 Å². The van der Waals surface area contributed by atoms with Crippen LogP contribution in [0.25, 0.3) is 16.6 Å². The Morgan fingerprint density at radius 1 is 1.07 bits per heavy atom. The molecular weight excluding hydrogens is 531 g/mol. The summed E-state index contributed by atoms with van der Waals surface area (Å²) in [5.74, 6) is 1.81. The molecule has 41 heavy (non-hydrogen) atoms. The molecule has 0 atom stereocenters. The molecule has 5 rings (SSSR count). The fourth-order valence-corrected chi connectivity index (χ4v) is 6.79. The van der Waals surface area contributed by atoms with E-state index in [4.69, 9.17) is 15.5 Å². The van der Waals surface area contributed by atoms with Gasteiger partial charge in [0.25, 0.3) is 0 Å². The first kappa shape index (κ1) is 28.6. The molecule has 1 aliphatic heterocycles. The van der Waals surface area contributed by atoms with Gasteiger partial charge in [0.15, 0.2) is 0 Å². The highest BCUT2D eigenvalue weighted by molar-refractivity contribution is 7.80. The molecule has 9 nitrogen and oxygen atoms in total. The first-order valence-electron chi connectivity index (χ1n) is 13.7. The zero-order valence-electron chi connectivity index (χ0n) is 24.5. The van der Waals surface area contributed by atoms with Crippen molar-refractivity contribution >= 4 is 63.9 Å². The number of benzene rings is 2. The van der Waals surface area contributed by atoms with Crippen LogP contribution in [-0.4, -0.2) is 65.8 Å². The van der Waals surface area contributed by atoms with Gasteiger partial charge < -0.3 is 26.0 Å². The van der Waals surface area contributed by atoms with E-state index in [1.807, 2.05) is 19.1 Å². The van der Waals surface area contributed by atoms with Gasteiger partial charge in [0.05, 0.1) is 23.8 Å². The number of methoxy groups -OCH3 is 1. The summed E-state index contributed by atoms with van der Waals surface area (Å²) in [5, 5.41) is 8.01. The van der Waals surface area contributed by atoms with E-state index in [-0.39, 0.29) is 6.04 Å². The van der Waals surface area contributed by atoms with E-state index in [1.165, 1.54) is 0 Å². The Kier molecular flexibility index (Phi) is 8.02. The van der Waals surface area contributed by atoms with Crippen LogP contribution >= 0.6 is 6.89 Å². The van der Waals surface area contributed by atoms with Crippen LogP contribution in [0.3, 0.4) is 0 Å². The van der Waals surface area contributed by atoms with Crippen molar-refractivity contribution in [2.24, 2.45) is 5.73 Å². The molecular formula is C31H39N8OP. The molecule has 2 aromatic carbocycles. The highest BCUT2D eigenvalue weighted by atomic mass is 31.2. The normalized spacial score (nSPS) is 14.2. The van der Waals surface area contributed by atoms with Crippen molar-refractivity contribution in [1.82, 2.24) is 19.9 Å². The predicted octanol–water partition coefficient (Wildman–Crippen LogP) is 5.52. The summed E-state index contributed by atoms with van der Waals surface area (Å²) in [6.45, 7) is 12.7. The number of nitrogens with zero attached hydrogens (tertiary/aromatic N) is 5. The van der Waals surface area contributed by atoms with Gasteiger partial charge in [0.2, 0.25) is 5.95 Å². The average Bonchev–Trinajstić information content (AvgIpc) is 2.93. The maximum Gasteiger partial charge on any atom is 0.229 e. The van der Waals surface area contributed by atoms with E-state index in [2.05, 4.69) is 75.7 Å². The van der Waals surface area contributed by atoms with Crippen LogP contribution in [0, 0.1) is 6.92 Å². The second kappa shape index (κ2) is 11.5. The standard InChI is InChI=1S/C31H39N8OP/c1-19(2)22-18-35-31(37-25-16-20(3)26(17-27(25)40-4)39-14-10-21(32)11-15-39)38-30(22)36-24-9-8-23-28(34-13-12-33-23)29(24)41(5,6)7/h8-9,12-13,16-18,21H,1,5,10-11,14-15,32H2,2-4,6-7H3,(H2,35,36,37,38). The molecule has 10 heteroatoms. The van der Waals surface area contributed by atoms with Gasteiger partial charge in [0, 0.05) is 66.0 Å². The van der Waals surface area contributed by atoms with E-state index in [0.717, 1.165) is 81.8 Å². The van der Waals surface area contributed by atoms with E-state index in [1.54, 1.807) is 25.7 Å². The van der Waals surface area contributed by atoms with Gasteiger partial charge in [-0.15, -0.1) is 0 Å². The molecule has 214 valence electrons. The van der Waals surface area contributed by atoms with Crippen LogP contribution in [0.2, 0.25) is 0 Å². The van der Waals surface area contributed by atoms with Crippen molar-refractivity contribution in [1.29, 1.82) is 0 Å². The molecule has 2 aromatic heterocycles. The number of piperidine rings is 1. The molecule has 1 aliphatic rings. The number of aryl methyl sites for hydroxylation is 1. The van der Waals surface area contributed by atoms with Crippen molar-refractivity contribution in [2.75, 3.05) is 49.1 Å². The lowest BCUT2D eigenvalue weighted by Gasteiger charge is -2.33.